The zero-order valence-corrected chi connectivity index (χ0v) is 9.89. The van der Waals surface area contributed by atoms with Crippen molar-refractivity contribution in [3.05, 3.63) is 35.6 Å². The molecule has 0 radical (unpaired) electrons. The van der Waals surface area contributed by atoms with Crippen LogP contribution in [0.5, 0.6) is 0 Å². The molecule has 1 heterocycles. The van der Waals surface area contributed by atoms with Crippen molar-refractivity contribution in [2.75, 3.05) is 6.54 Å². The Balaban J connectivity index is 1.82. The molecule has 0 aromatic heterocycles. The summed E-state index contributed by atoms with van der Waals surface area (Å²) >= 11 is 0. The van der Waals surface area contributed by atoms with Gasteiger partial charge < -0.3 is 10.6 Å². The maximum Gasteiger partial charge on any atom is 0.123 e. The van der Waals surface area contributed by atoms with Crippen molar-refractivity contribution in [2.45, 2.75) is 38.4 Å². The Morgan fingerprint density at radius 3 is 2.62 bits per heavy atom. The number of hydrogen-bond acceptors (Lipinski definition) is 2. The van der Waals surface area contributed by atoms with Crippen LogP contribution in [0.3, 0.4) is 0 Å². The summed E-state index contributed by atoms with van der Waals surface area (Å²) < 4.78 is 12.7. The van der Waals surface area contributed by atoms with Gasteiger partial charge in [-0.1, -0.05) is 12.1 Å². The lowest BCUT2D eigenvalue weighted by Crippen LogP contribution is -2.31. The molecule has 1 atom stereocenters. The molecule has 16 heavy (non-hydrogen) atoms. The number of hydrogen-bond donors (Lipinski definition) is 2. The first-order valence-corrected chi connectivity index (χ1v) is 5.78. The smallest absolute Gasteiger partial charge is 0.123 e. The van der Waals surface area contributed by atoms with Gasteiger partial charge in [-0.05, 0) is 38.0 Å². The van der Waals surface area contributed by atoms with Crippen molar-refractivity contribution in [1.82, 2.24) is 10.6 Å². The molecule has 0 saturated carbocycles. The normalized spacial score (nSPS) is 23.6. The Morgan fingerprint density at radius 1 is 1.38 bits per heavy atom. The van der Waals surface area contributed by atoms with Gasteiger partial charge in [0.1, 0.15) is 5.82 Å². The molecule has 0 spiro atoms. The van der Waals surface area contributed by atoms with Crippen LogP contribution in [0.1, 0.15) is 25.8 Å². The first-order chi connectivity index (χ1) is 7.55. The van der Waals surface area contributed by atoms with Crippen molar-refractivity contribution >= 4 is 0 Å². The molecule has 2 rings (SSSR count). The van der Waals surface area contributed by atoms with Gasteiger partial charge >= 0.3 is 0 Å². The van der Waals surface area contributed by atoms with Gasteiger partial charge in [0.05, 0.1) is 0 Å². The van der Waals surface area contributed by atoms with E-state index in [0.29, 0.717) is 6.04 Å². The van der Waals surface area contributed by atoms with E-state index in [1.807, 2.05) is 12.1 Å². The van der Waals surface area contributed by atoms with Gasteiger partial charge in [-0.15, -0.1) is 0 Å². The Hall–Kier alpha value is -0.930. The molecule has 2 nitrogen and oxygen atoms in total. The highest BCUT2D eigenvalue weighted by molar-refractivity contribution is 5.16. The summed E-state index contributed by atoms with van der Waals surface area (Å²) in [7, 11) is 0. The van der Waals surface area contributed by atoms with Crippen LogP contribution < -0.4 is 10.6 Å². The second kappa shape index (κ2) is 4.52. The first kappa shape index (κ1) is 11.6. The van der Waals surface area contributed by atoms with Crippen LogP contribution in [0.25, 0.3) is 0 Å². The SMILES string of the molecule is CC1(C)CC(NCc2ccc(F)cc2)CN1. The molecular weight excluding hydrogens is 203 g/mol. The topological polar surface area (TPSA) is 24.1 Å². The molecule has 88 valence electrons. The summed E-state index contributed by atoms with van der Waals surface area (Å²) in [5.74, 6) is -0.174. The summed E-state index contributed by atoms with van der Waals surface area (Å²) in [6, 6.07) is 7.19. The van der Waals surface area contributed by atoms with Crippen molar-refractivity contribution in [2.24, 2.45) is 0 Å². The number of rotatable bonds is 3. The lowest BCUT2D eigenvalue weighted by Gasteiger charge is -2.17. The molecule has 0 bridgehead atoms. The van der Waals surface area contributed by atoms with E-state index in [0.717, 1.165) is 25.1 Å². The summed E-state index contributed by atoms with van der Waals surface area (Å²) in [6.07, 6.45) is 1.13. The fraction of sp³-hybridized carbons (Fsp3) is 0.538. The molecule has 1 unspecified atom stereocenters. The average molecular weight is 222 g/mol. The van der Waals surface area contributed by atoms with Gasteiger partial charge in [-0.2, -0.15) is 0 Å². The molecule has 1 aromatic rings. The minimum atomic E-state index is -0.174. The van der Waals surface area contributed by atoms with E-state index < -0.39 is 0 Å². The van der Waals surface area contributed by atoms with E-state index >= 15 is 0 Å². The Kier molecular flexibility index (Phi) is 3.26. The molecular formula is C13H19FN2. The predicted molar refractivity (Wildman–Crippen MR) is 63.7 cm³/mol. The van der Waals surface area contributed by atoms with Gasteiger partial charge in [0, 0.05) is 24.7 Å². The van der Waals surface area contributed by atoms with Crippen LogP contribution in [-0.4, -0.2) is 18.1 Å². The van der Waals surface area contributed by atoms with Gasteiger partial charge in [-0.25, -0.2) is 4.39 Å². The van der Waals surface area contributed by atoms with Crippen LogP contribution in [0.2, 0.25) is 0 Å². The zero-order valence-electron chi connectivity index (χ0n) is 9.89. The zero-order chi connectivity index (χ0) is 11.6. The fourth-order valence-electron chi connectivity index (χ4n) is 2.17. The monoisotopic (exact) mass is 222 g/mol. The molecule has 1 fully saturated rings. The fourth-order valence-corrected chi connectivity index (χ4v) is 2.17. The summed E-state index contributed by atoms with van der Waals surface area (Å²) in [6.45, 7) is 6.25. The van der Waals surface area contributed by atoms with E-state index in [2.05, 4.69) is 24.5 Å². The number of benzene rings is 1. The standard InChI is InChI=1S/C13H19FN2/c1-13(2)7-12(9-16-13)15-8-10-3-5-11(14)6-4-10/h3-6,12,15-16H,7-9H2,1-2H3. The first-order valence-electron chi connectivity index (χ1n) is 5.78. The number of halogens is 1. The third kappa shape index (κ3) is 3.03. The Bertz CT molecular complexity index is 345. The molecule has 0 amide bonds. The third-order valence-electron chi connectivity index (χ3n) is 3.09. The summed E-state index contributed by atoms with van der Waals surface area (Å²) in [4.78, 5) is 0. The van der Waals surface area contributed by atoms with Gasteiger partial charge in [0.25, 0.3) is 0 Å². The van der Waals surface area contributed by atoms with Crippen molar-refractivity contribution in [3.63, 3.8) is 0 Å². The van der Waals surface area contributed by atoms with Crippen molar-refractivity contribution < 1.29 is 4.39 Å². The second-order valence-electron chi connectivity index (χ2n) is 5.17. The minimum absolute atomic E-state index is 0.174. The van der Waals surface area contributed by atoms with Crippen molar-refractivity contribution in [3.8, 4) is 0 Å². The lowest BCUT2D eigenvalue weighted by molar-refractivity contribution is 0.442. The minimum Gasteiger partial charge on any atom is -0.310 e. The highest BCUT2D eigenvalue weighted by atomic mass is 19.1. The van der Waals surface area contributed by atoms with E-state index in [4.69, 9.17) is 0 Å². The Morgan fingerprint density at radius 2 is 2.06 bits per heavy atom. The highest BCUT2D eigenvalue weighted by Crippen LogP contribution is 2.18. The average Bonchev–Trinajstić information content (AvgIpc) is 2.58. The van der Waals surface area contributed by atoms with Crippen LogP contribution in [-0.2, 0) is 6.54 Å². The predicted octanol–water partition coefficient (Wildman–Crippen LogP) is 2.06. The number of nitrogens with one attached hydrogen (secondary N) is 2. The van der Waals surface area contributed by atoms with E-state index in [1.54, 1.807) is 0 Å². The van der Waals surface area contributed by atoms with E-state index in [1.165, 1.54) is 12.1 Å². The molecule has 1 saturated heterocycles. The van der Waals surface area contributed by atoms with Crippen LogP contribution in [0.15, 0.2) is 24.3 Å². The maximum atomic E-state index is 12.7. The highest BCUT2D eigenvalue weighted by Gasteiger charge is 2.29. The van der Waals surface area contributed by atoms with E-state index in [-0.39, 0.29) is 11.4 Å². The van der Waals surface area contributed by atoms with Gasteiger partial charge in [0.15, 0.2) is 0 Å². The lowest BCUT2D eigenvalue weighted by atomic mass is 10.0. The molecule has 3 heteroatoms. The summed E-state index contributed by atoms with van der Waals surface area (Å²) in [5.41, 5.74) is 1.37. The quantitative estimate of drug-likeness (QED) is 0.818. The van der Waals surface area contributed by atoms with Crippen molar-refractivity contribution in [1.29, 1.82) is 0 Å². The maximum absolute atomic E-state index is 12.7. The summed E-state index contributed by atoms with van der Waals surface area (Å²) in [5, 5.41) is 6.96. The Labute approximate surface area is 96.2 Å². The largest absolute Gasteiger partial charge is 0.310 e. The second-order valence-corrected chi connectivity index (χ2v) is 5.17. The van der Waals surface area contributed by atoms with Gasteiger partial charge in [-0.3, -0.25) is 0 Å². The molecule has 1 aliphatic heterocycles. The van der Waals surface area contributed by atoms with E-state index in [9.17, 15) is 4.39 Å². The van der Waals surface area contributed by atoms with Gasteiger partial charge in [0.2, 0.25) is 0 Å². The van der Waals surface area contributed by atoms with Crippen LogP contribution in [0, 0.1) is 5.82 Å². The molecule has 2 N–H and O–H groups in total. The third-order valence-corrected chi connectivity index (χ3v) is 3.09. The van der Waals surface area contributed by atoms with Crippen LogP contribution >= 0.6 is 0 Å². The molecule has 1 aliphatic rings. The van der Waals surface area contributed by atoms with Crippen LogP contribution in [0.4, 0.5) is 4.39 Å². The molecule has 0 aliphatic carbocycles. The molecule has 1 aromatic carbocycles.